The number of nitrogens with one attached hydrogen (secondary N) is 1. The molecule has 0 heterocycles. The molecular formula is C22H18N2O5S. The van der Waals surface area contributed by atoms with Crippen LogP contribution < -0.4 is 9.46 Å². The average molecular weight is 422 g/mol. The van der Waals surface area contributed by atoms with Crippen LogP contribution in [0.15, 0.2) is 77.7 Å². The number of esters is 1. The third-order valence-electron chi connectivity index (χ3n) is 4.19. The molecule has 0 aliphatic rings. The second kappa shape index (κ2) is 9.11. The van der Waals surface area contributed by atoms with Crippen molar-refractivity contribution in [1.82, 2.24) is 0 Å². The monoisotopic (exact) mass is 422 g/mol. The first-order valence-corrected chi connectivity index (χ1v) is 10.3. The number of carbonyl (C=O) groups excluding carboxylic acids is 1. The van der Waals surface area contributed by atoms with E-state index >= 15 is 0 Å². The fourth-order valence-corrected chi connectivity index (χ4v) is 3.75. The first-order chi connectivity index (χ1) is 14.4. The van der Waals surface area contributed by atoms with E-state index in [-0.39, 0.29) is 22.8 Å². The highest BCUT2D eigenvalue weighted by molar-refractivity contribution is 7.92. The molecule has 0 aliphatic carbocycles. The molecule has 0 fully saturated rings. The molecule has 3 rings (SSSR count). The zero-order chi connectivity index (χ0) is 21.6. The van der Waals surface area contributed by atoms with Crippen LogP contribution in [0.4, 0.5) is 5.69 Å². The lowest BCUT2D eigenvalue weighted by Gasteiger charge is -2.13. The van der Waals surface area contributed by atoms with Crippen LogP contribution in [0.5, 0.6) is 5.75 Å². The molecule has 0 bridgehead atoms. The molecule has 0 amide bonds. The van der Waals surface area contributed by atoms with Crippen molar-refractivity contribution in [1.29, 1.82) is 5.26 Å². The minimum atomic E-state index is -3.92. The highest BCUT2D eigenvalue weighted by Crippen LogP contribution is 2.23. The third-order valence-corrected chi connectivity index (χ3v) is 5.57. The Bertz CT molecular complexity index is 1200. The van der Waals surface area contributed by atoms with Crippen molar-refractivity contribution >= 4 is 21.7 Å². The topological polar surface area (TPSA) is 105 Å². The fraction of sp³-hybridized carbons (Fsp3) is 0.0909. The van der Waals surface area contributed by atoms with E-state index in [2.05, 4.69) is 4.72 Å². The second-order valence-electron chi connectivity index (χ2n) is 6.21. The lowest BCUT2D eigenvalue weighted by atomic mass is 10.1. The molecule has 0 aliphatic heterocycles. The van der Waals surface area contributed by atoms with E-state index in [4.69, 9.17) is 14.7 Å². The van der Waals surface area contributed by atoms with E-state index in [0.29, 0.717) is 16.9 Å². The van der Waals surface area contributed by atoms with E-state index < -0.39 is 16.0 Å². The van der Waals surface area contributed by atoms with Crippen LogP contribution in [-0.4, -0.2) is 21.5 Å². The highest BCUT2D eigenvalue weighted by atomic mass is 32.2. The van der Waals surface area contributed by atoms with Crippen molar-refractivity contribution in [3.05, 3.63) is 89.5 Å². The summed E-state index contributed by atoms with van der Waals surface area (Å²) in [5, 5.41) is 8.96. The van der Waals surface area contributed by atoms with Crippen LogP contribution in [0, 0.1) is 11.3 Å². The lowest BCUT2D eigenvalue weighted by Crippen LogP contribution is -2.16. The predicted octanol–water partition coefficient (Wildman–Crippen LogP) is 3.72. The summed E-state index contributed by atoms with van der Waals surface area (Å²) in [7, 11) is -2.43. The molecule has 0 saturated heterocycles. The Morgan fingerprint density at radius 3 is 2.47 bits per heavy atom. The van der Waals surface area contributed by atoms with Crippen molar-refractivity contribution in [3.63, 3.8) is 0 Å². The van der Waals surface area contributed by atoms with Crippen LogP contribution in [0.1, 0.15) is 21.5 Å². The molecule has 30 heavy (non-hydrogen) atoms. The van der Waals surface area contributed by atoms with Crippen LogP contribution in [0.25, 0.3) is 0 Å². The zero-order valence-electron chi connectivity index (χ0n) is 16.0. The van der Waals surface area contributed by atoms with Gasteiger partial charge in [-0.1, -0.05) is 24.3 Å². The summed E-state index contributed by atoms with van der Waals surface area (Å²) in [6.45, 7) is -0.0477. The number of methoxy groups -OCH3 is 1. The van der Waals surface area contributed by atoms with Crippen molar-refractivity contribution < 1.29 is 22.7 Å². The maximum absolute atomic E-state index is 12.7. The SMILES string of the molecule is COc1ccc(S(=O)(=O)Nc2ccccc2C(=O)OCc2cccc(C#N)c2)cc1. The summed E-state index contributed by atoms with van der Waals surface area (Å²) < 4.78 is 38.1. The Morgan fingerprint density at radius 1 is 1.03 bits per heavy atom. The molecule has 3 aromatic rings. The zero-order valence-corrected chi connectivity index (χ0v) is 16.8. The number of hydrogen-bond donors (Lipinski definition) is 1. The van der Waals surface area contributed by atoms with Gasteiger partial charge < -0.3 is 9.47 Å². The Balaban J connectivity index is 1.77. The van der Waals surface area contributed by atoms with Gasteiger partial charge in [0.15, 0.2) is 0 Å². The largest absolute Gasteiger partial charge is 0.497 e. The summed E-state index contributed by atoms with van der Waals surface area (Å²) >= 11 is 0. The molecule has 8 heteroatoms. The van der Waals surface area contributed by atoms with Gasteiger partial charge in [-0.15, -0.1) is 0 Å². The maximum Gasteiger partial charge on any atom is 0.340 e. The van der Waals surface area contributed by atoms with E-state index in [1.165, 1.54) is 43.5 Å². The number of carbonyl (C=O) groups is 1. The summed E-state index contributed by atoms with van der Waals surface area (Å²) in [5.41, 5.74) is 1.28. The number of rotatable bonds is 7. The van der Waals surface area contributed by atoms with Gasteiger partial charge in [-0.3, -0.25) is 4.72 Å². The van der Waals surface area contributed by atoms with Gasteiger partial charge in [0.05, 0.1) is 34.9 Å². The molecular weight excluding hydrogens is 404 g/mol. The van der Waals surface area contributed by atoms with Gasteiger partial charge in [-0.05, 0) is 54.1 Å². The summed E-state index contributed by atoms with van der Waals surface area (Å²) in [4.78, 5) is 12.6. The molecule has 0 radical (unpaired) electrons. The Morgan fingerprint density at radius 2 is 1.77 bits per heavy atom. The number of ether oxygens (including phenoxy) is 2. The highest BCUT2D eigenvalue weighted by Gasteiger charge is 2.19. The first kappa shape index (κ1) is 20.9. The van der Waals surface area contributed by atoms with E-state index in [1.54, 1.807) is 36.4 Å². The Kier molecular flexibility index (Phi) is 6.35. The van der Waals surface area contributed by atoms with Gasteiger partial charge in [0.1, 0.15) is 12.4 Å². The number of nitriles is 1. The van der Waals surface area contributed by atoms with Crippen LogP contribution >= 0.6 is 0 Å². The molecule has 0 saturated carbocycles. The van der Waals surface area contributed by atoms with Crippen molar-refractivity contribution in [2.24, 2.45) is 0 Å². The van der Waals surface area contributed by atoms with E-state index in [1.807, 2.05) is 6.07 Å². The van der Waals surface area contributed by atoms with Crippen LogP contribution in [0.2, 0.25) is 0 Å². The average Bonchev–Trinajstić information content (AvgIpc) is 2.77. The van der Waals surface area contributed by atoms with Crippen LogP contribution in [-0.2, 0) is 21.4 Å². The molecule has 1 N–H and O–H groups in total. The molecule has 152 valence electrons. The quantitative estimate of drug-likeness (QED) is 0.582. The fourth-order valence-electron chi connectivity index (χ4n) is 2.67. The van der Waals surface area contributed by atoms with Gasteiger partial charge in [0.2, 0.25) is 0 Å². The number of anilines is 1. The molecule has 0 spiro atoms. The summed E-state index contributed by atoms with van der Waals surface area (Å²) in [5.74, 6) is -0.163. The minimum absolute atomic E-state index is 0.0276. The molecule has 3 aromatic carbocycles. The number of benzene rings is 3. The Hall–Kier alpha value is -3.83. The van der Waals surface area contributed by atoms with Gasteiger partial charge in [-0.25, -0.2) is 13.2 Å². The van der Waals surface area contributed by atoms with Crippen LogP contribution in [0.3, 0.4) is 0 Å². The standard InChI is InChI=1S/C22H18N2O5S/c1-28-18-9-11-19(12-10-18)30(26,27)24-21-8-3-2-7-20(21)22(25)29-15-17-6-4-5-16(13-17)14-23/h2-13,24H,15H2,1H3. The Labute approximate surface area is 174 Å². The molecule has 0 atom stereocenters. The number of hydrogen-bond acceptors (Lipinski definition) is 6. The van der Waals surface area contributed by atoms with Gasteiger partial charge in [0.25, 0.3) is 10.0 Å². The molecule has 7 nitrogen and oxygen atoms in total. The normalized spacial score (nSPS) is 10.7. The number of sulfonamides is 1. The van der Waals surface area contributed by atoms with Gasteiger partial charge >= 0.3 is 5.97 Å². The summed E-state index contributed by atoms with van der Waals surface area (Å²) in [6.07, 6.45) is 0. The number of para-hydroxylation sites is 1. The lowest BCUT2D eigenvalue weighted by molar-refractivity contribution is 0.0474. The van der Waals surface area contributed by atoms with E-state index in [0.717, 1.165) is 0 Å². The second-order valence-corrected chi connectivity index (χ2v) is 7.90. The number of nitrogens with zero attached hydrogens (tertiary/aromatic N) is 1. The minimum Gasteiger partial charge on any atom is -0.497 e. The predicted molar refractivity (Wildman–Crippen MR) is 111 cm³/mol. The van der Waals surface area contributed by atoms with Gasteiger partial charge in [0, 0.05) is 0 Å². The van der Waals surface area contributed by atoms with Gasteiger partial charge in [-0.2, -0.15) is 5.26 Å². The third kappa shape index (κ3) is 4.96. The maximum atomic E-state index is 12.7. The first-order valence-electron chi connectivity index (χ1n) is 8.85. The van der Waals surface area contributed by atoms with Crippen molar-refractivity contribution in [3.8, 4) is 11.8 Å². The van der Waals surface area contributed by atoms with Crippen molar-refractivity contribution in [2.75, 3.05) is 11.8 Å². The molecule has 0 aromatic heterocycles. The summed E-state index contributed by atoms with van der Waals surface area (Å²) in [6, 6.07) is 20.8. The molecule has 0 unspecified atom stereocenters. The van der Waals surface area contributed by atoms with Crippen molar-refractivity contribution in [2.45, 2.75) is 11.5 Å². The van der Waals surface area contributed by atoms with E-state index in [9.17, 15) is 13.2 Å². The smallest absolute Gasteiger partial charge is 0.340 e.